The first-order valence-corrected chi connectivity index (χ1v) is 5.24. The lowest BCUT2D eigenvalue weighted by Gasteiger charge is -2.12. The molecule has 0 aromatic rings. The predicted octanol–water partition coefficient (Wildman–Crippen LogP) is 1.45. The van der Waals surface area contributed by atoms with Crippen molar-refractivity contribution in [2.45, 2.75) is 19.8 Å². The summed E-state index contributed by atoms with van der Waals surface area (Å²) in [6.07, 6.45) is 6.10. The van der Waals surface area contributed by atoms with E-state index >= 15 is 0 Å². The maximum Gasteiger partial charge on any atom is 0.330 e. The summed E-state index contributed by atoms with van der Waals surface area (Å²) in [6.45, 7) is 4.23. The lowest BCUT2D eigenvalue weighted by Crippen LogP contribution is -2.21. The summed E-state index contributed by atoms with van der Waals surface area (Å²) in [5.74, 6) is 0.656. The van der Waals surface area contributed by atoms with E-state index in [1.54, 1.807) is 0 Å². The largest absolute Gasteiger partial charge is 0.463 e. The molecule has 0 unspecified atom stereocenters. The van der Waals surface area contributed by atoms with Crippen LogP contribution in [0.4, 0.5) is 0 Å². The molecule has 0 aliphatic heterocycles. The average molecular weight is 197 g/mol. The van der Waals surface area contributed by atoms with Crippen molar-refractivity contribution in [1.29, 1.82) is 0 Å². The zero-order valence-corrected chi connectivity index (χ0v) is 9.03. The molecule has 0 N–H and O–H groups in total. The fourth-order valence-corrected chi connectivity index (χ4v) is 1.33. The highest BCUT2D eigenvalue weighted by Crippen LogP contribution is 2.29. The van der Waals surface area contributed by atoms with Gasteiger partial charge in [-0.05, 0) is 32.7 Å². The Kier molecular flexibility index (Phi) is 4.66. The number of carbonyl (C=O) groups is 1. The molecule has 0 spiro atoms. The molecule has 1 rings (SSSR count). The molecule has 1 aliphatic rings. The van der Waals surface area contributed by atoms with Crippen LogP contribution in [-0.2, 0) is 9.53 Å². The standard InChI is InChI=1S/C11H19NO2/c1-3-14-11(13)5-4-8-12(2)9-10-6-7-10/h4-5,10H,3,6-9H2,1-2H3/b5-4+. The highest BCUT2D eigenvalue weighted by Gasteiger charge is 2.22. The Bertz CT molecular complexity index is 209. The van der Waals surface area contributed by atoms with Crippen molar-refractivity contribution in [1.82, 2.24) is 4.90 Å². The minimum atomic E-state index is -0.243. The Hall–Kier alpha value is -0.830. The highest BCUT2D eigenvalue weighted by molar-refractivity contribution is 5.81. The van der Waals surface area contributed by atoms with Gasteiger partial charge in [0.25, 0.3) is 0 Å². The molecule has 14 heavy (non-hydrogen) atoms. The number of likely N-dealkylation sites (N-methyl/N-ethyl adjacent to an activating group) is 1. The van der Waals surface area contributed by atoms with Gasteiger partial charge in [-0.15, -0.1) is 0 Å². The van der Waals surface area contributed by atoms with Crippen molar-refractivity contribution in [2.75, 3.05) is 26.7 Å². The van der Waals surface area contributed by atoms with E-state index in [9.17, 15) is 4.79 Å². The molecule has 0 bridgehead atoms. The second kappa shape index (κ2) is 5.81. The summed E-state index contributed by atoms with van der Waals surface area (Å²) in [7, 11) is 2.08. The lowest BCUT2D eigenvalue weighted by atomic mass is 10.3. The van der Waals surface area contributed by atoms with Gasteiger partial charge in [0.2, 0.25) is 0 Å². The number of rotatable bonds is 6. The Balaban J connectivity index is 2.07. The van der Waals surface area contributed by atoms with Crippen LogP contribution in [0.3, 0.4) is 0 Å². The maximum absolute atomic E-state index is 10.9. The van der Waals surface area contributed by atoms with Gasteiger partial charge in [-0.3, -0.25) is 0 Å². The molecule has 3 heteroatoms. The molecule has 80 valence electrons. The van der Waals surface area contributed by atoms with E-state index in [1.165, 1.54) is 18.9 Å². The van der Waals surface area contributed by atoms with Gasteiger partial charge >= 0.3 is 5.97 Å². The summed E-state index contributed by atoms with van der Waals surface area (Å²) in [4.78, 5) is 13.2. The topological polar surface area (TPSA) is 29.5 Å². The molecule has 0 amide bonds. The molecule has 1 aliphatic carbocycles. The molecule has 0 heterocycles. The molecular formula is C11H19NO2. The summed E-state index contributed by atoms with van der Waals surface area (Å²) >= 11 is 0. The van der Waals surface area contributed by atoms with Crippen molar-refractivity contribution < 1.29 is 9.53 Å². The van der Waals surface area contributed by atoms with Crippen LogP contribution in [0.2, 0.25) is 0 Å². The van der Waals surface area contributed by atoms with Crippen LogP contribution in [-0.4, -0.2) is 37.6 Å². The summed E-state index contributed by atoms with van der Waals surface area (Å²) in [5.41, 5.74) is 0. The van der Waals surface area contributed by atoms with Gasteiger partial charge in [-0.2, -0.15) is 0 Å². The zero-order chi connectivity index (χ0) is 10.4. The van der Waals surface area contributed by atoms with Crippen molar-refractivity contribution >= 4 is 5.97 Å². The normalized spacial score (nSPS) is 16.5. The Morgan fingerprint density at radius 1 is 1.57 bits per heavy atom. The van der Waals surface area contributed by atoms with Gasteiger partial charge in [0, 0.05) is 19.2 Å². The molecule has 0 aromatic carbocycles. The Labute approximate surface area is 85.7 Å². The summed E-state index contributed by atoms with van der Waals surface area (Å²) in [6, 6.07) is 0. The van der Waals surface area contributed by atoms with Gasteiger partial charge in [0.15, 0.2) is 0 Å². The molecule has 0 radical (unpaired) electrons. The van der Waals surface area contributed by atoms with Gasteiger partial charge in [0.1, 0.15) is 0 Å². The van der Waals surface area contributed by atoms with Gasteiger partial charge in [-0.1, -0.05) is 6.08 Å². The minimum Gasteiger partial charge on any atom is -0.463 e. The molecular weight excluding hydrogens is 178 g/mol. The van der Waals surface area contributed by atoms with Crippen LogP contribution >= 0.6 is 0 Å². The number of ether oxygens (including phenoxy) is 1. The molecule has 0 saturated heterocycles. The maximum atomic E-state index is 10.9. The van der Waals surface area contributed by atoms with Crippen LogP contribution in [0.5, 0.6) is 0 Å². The summed E-state index contributed by atoms with van der Waals surface area (Å²) in [5, 5.41) is 0. The first-order chi connectivity index (χ1) is 6.72. The van der Waals surface area contributed by atoms with Crippen LogP contribution in [0, 0.1) is 5.92 Å². The van der Waals surface area contributed by atoms with Crippen LogP contribution in [0.1, 0.15) is 19.8 Å². The number of hydrogen-bond acceptors (Lipinski definition) is 3. The van der Waals surface area contributed by atoms with Crippen molar-refractivity contribution in [3.05, 3.63) is 12.2 Å². The van der Waals surface area contributed by atoms with Gasteiger partial charge in [-0.25, -0.2) is 4.79 Å². The fourth-order valence-electron chi connectivity index (χ4n) is 1.33. The Morgan fingerprint density at radius 3 is 2.86 bits per heavy atom. The summed E-state index contributed by atoms with van der Waals surface area (Å²) < 4.78 is 4.77. The molecule has 0 atom stereocenters. The SMILES string of the molecule is CCOC(=O)/C=C/CN(C)CC1CC1. The molecule has 3 nitrogen and oxygen atoms in total. The molecule has 1 saturated carbocycles. The van der Waals surface area contributed by atoms with E-state index in [-0.39, 0.29) is 5.97 Å². The van der Waals surface area contributed by atoms with Crippen LogP contribution in [0.25, 0.3) is 0 Å². The van der Waals surface area contributed by atoms with E-state index in [4.69, 9.17) is 4.74 Å². The smallest absolute Gasteiger partial charge is 0.330 e. The third-order valence-corrected chi connectivity index (χ3v) is 2.22. The first kappa shape index (κ1) is 11.2. The number of esters is 1. The quantitative estimate of drug-likeness (QED) is 0.477. The van der Waals surface area contributed by atoms with Gasteiger partial charge < -0.3 is 9.64 Å². The Morgan fingerprint density at radius 2 is 2.29 bits per heavy atom. The number of hydrogen-bond donors (Lipinski definition) is 0. The second-order valence-corrected chi connectivity index (χ2v) is 3.82. The zero-order valence-electron chi connectivity index (χ0n) is 9.03. The van der Waals surface area contributed by atoms with E-state index in [2.05, 4.69) is 11.9 Å². The monoisotopic (exact) mass is 197 g/mol. The van der Waals surface area contributed by atoms with E-state index in [0.717, 1.165) is 19.0 Å². The minimum absolute atomic E-state index is 0.243. The highest BCUT2D eigenvalue weighted by atomic mass is 16.5. The van der Waals surface area contributed by atoms with E-state index in [1.807, 2.05) is 13.0 Å². The second-order valence-electron chi connectivity index (χ2n) is 3.82. The van der Waals surface area contributed by atoms with Gasteiger partial charge in [0.05, 0.1) is 6.61 Å². The van der Waals surface area contributed by atoms with Crippen molar-refractivity contribution in [3.8, 4) is 0 Å². The van der Waals surface area contributed by atoms with Crippen LogP contribution < -0.4 is 0 Å². The third-order valence-electron chi connectivity index (χ3n) is 2.22. The average Bonchev–Trinajstić information content (AvgIpc) is 2.88. The lowest BCUT2D eigenvalue weighted by molar-refractivity contribution is -0.137. The molecule has 0 aromatic heterocycles. The van der Waals surface area contributed by atoms with E-state index < -0.39 is 0 Å². The number of nitrogens with zero attached hydrogens (tertiary/aromatic N) is 1. The molecule has 1 fully saturated rings. The van der Waals surface area contributed by atoms with E-state index in [0.29, 0.717) is 6.61 Å². The van der Waals surface area contributed by atoms with Crippen LogP contribution in [0.15, 0.2) is 12.2 Å². The van der Waals surface area contributed by atoms with Crippen molar-refractivity contribution in [3.63, 3.8) is 0 Å². The first-order valence-electron chi connectivity index (χ1n) is 5.24. The number of carbonyl (C=O) groups excluding carboxylic acids is 1. The fraction of sp³-hybridized carbons (Fsp3) is 0.727. The third kappa shape index (κ3) is 5.02. The van der Waals surface area contributed by atoms with Crippen molar-refractivity contribution in [2.24, 2.45) is 5.92 Å². The predicted molar refractivity (Wildman–Crippen MR) is 56.0 cm³/mol.